The van der Waals surface area contributed by atoms with E-state index in [9.17, 15) is 4.79 Å². The summed E-state index contributed by atoms with van der Waals surface area (Å²) in [5.74, 6) is -0.130. The normalized spacial score (nSPS) is 15.6. The number of hydrogen-bond donors (Lipinski definition) is 2. The molecule has 0 fully saturated rings. The first-order chi connectivity index (χ1) is 5.61. The summed E-state index contributed by atoms with van der Waals surface area (Å²) >= 11 is 1.69. The Morgan fingerprint density at radius 3 is 2.58 bits per heavy atom. The number of aliphatic carboxylic acids is 1. The smallest absolute Gasteiger partial charge is 0.321 e. The molecule has 3 nitrogen and oxygen atoms in total. The molecule has 0 aliphatic carbocycles. The van der Waals surface area contributed by atoms with E-state index in [1.807, 2.05) is 0 Å². The third-order valence-electron chi connectivity index (χ3n) is 1.77. The second-order valence-electron chi connectivity index (χ2n) is 2.73. The standard InChI is InChI=1S/C8H17NO2S/c1-4-6(2)12-5-7(9-3)8(10)11/h6-7,9H,4-5H2,1-3H3,(H,10,11)/t6-,7+/m1/s1. The molecule has 0 aliphatic heterocycles. The number of carboxylic acid groups (broad SMARTS) is 1. The molecule has 0 saturated heterocycles. The first-order valence-corrected chi connectivity index (χ1v) is 5.18. The van der Waals surface area contributed by atoms with Gasteiger partial charge in [-0.1, -0.05) is 13.8 Å². The predicted octanol–water partition coefficient (Wildman–Crippen LogP) is 1.19. The highest BCUT2D eigenvalue weighted by atomic mass is 32.2. The van der Waals surface area contributed by atoms with E-state index in [2.05, 4.69) is 19.2 Å². The SMILES string of the molecule is CC[C@@H](C)SC[C@H](NC)C(=O)O. The number of rotatable bonds is 6. The zero-order valence-electron chi connectivity index (χ0n) is 7.83. The van der Waals surface area contributed by atoms with Gasteiger partial charge >= 0.3 is 5.97 Å². The molecule has 12 heavy (non-hydrogen) atoms. The van der Waals surface area contributed by atoms with Crippen LogP contribution < -0.4 is 5.32 Å². The highest BCUT2D eigenvalue weighted by Crippen LogP contribution is 2.14. The third-order valence-corrected chi connectivity index (χ3v) is 3.20. The lowest BCUT2D eigenvalue weighted by Crippen LogP contribution is -2.36. The summed E-state index contributed by atoms with van der Waals surface area (Å²) in [5, 5.41) is 12.0. The Hall–Kier alpha value is -0.220. The molecule has 0 bridgehead atoms. The second kappa shape index (κ2) is 6.31. The number of nitrogens with one attached hydrogen (secondary N) is 1. The summed E-state index contributed by atoms with van der Waals surface area (Å²) in [6.45, 7) is 4.21. The molecule has 4 heteroatoms. The van der Waals surface area contributed by atoms with Gasteiger partial charge in [-0.2, -0.15) is 11.8 Å². The molecule has 0 radical (unpaired) electrons. The summed E-state index contributed by atoms with van der Waals surface area (Å²) in [4.78, 5) is 10.6. The fraction of sp³-hybridized carbons (Fsp3) is 0.875. The van der Waals surface area contributed by atoms with Crippen LogP contribution in [0.25, 0.3) is 0 Å². The van der Waals surface area contributed by atoms with Crippen molar-refractivity contribution in [3.05, 3.63) is 0 Å². The zero-order chi connectivity index (χ0) is 9.56. The Morgan fingerprint density at radius 2 is 2.25 bits per heavy atom. The lowest BCUT2D eigenvalue weighted by atomic mass is 10.3. The minimum Gasteiger partial charge on any atom is -0.480 e. The van der Waals surface area contributed by atoms with Gasteiger partial charge in [-0.05, 0) is 13.5 Å². The van der Waals surface area contributed by atoms with Crippen molar-refractivity contribution in [2.24, 2.45) is 0 Å². The van der Waals surface area contributed by atoms with Crippen LogP contribution in [0.1, 0.15) is 20.3 Å². The van der Waals surface area contributed by atoms with Crippen LogP contribution in [0.5, 0.6) is 0 Å². The molecule has 72 valence electrons. The fourth-order valence-electron chi connectivity index (χ4n) is 0.656. The maximum absolute atomic E-state index is 10.6. The van der Waals surface area contributed by atoms with Gasteiger partial charge in [0.05, 0.1) is 0 Å². The zero-order valence-corrected chi connectivity index (χ0v) is 8.65. The van der Waals surface area contributed by atoms with Gasteiger partial charge < -0.3 is 10.4 Å². The van der Waals surface area contributed by atoms with E-state index in [1.54, 1.807) is 18.8 Å². The van der Waals surface area contributed by atoms with Crippen LogP contribution in [0.15, 0.2) is 0 Å². The average Bonchev–Trinajstić information content (AvgIpc) is 2.04. The highest BCUT2D eigenvalue weighted by Gasteiger charge is 2.15. The highest BCUT2D eigenvalue weighted by molar-refractivity contribution is 7.99. The molecule has 0 amide bonds. The summed E-state index contributed by atoms with van der Waals surface area (Å²) in [6.07, 6.45) is 1.08. The predicted molar refractivity (Wildman–Crippen MR) is 52.7 cm³/mol. The largest absolute Gasteiger partial charge is 0.480 e. The van der Waals surface area contributed by atoms with Crippen molar-refractivity contribution in [3.63, 3.8) is 0 Å². The summed E-state index contributed by atoms with van der Waals surface area (Å²) in [5.41, 5.74) is 0. The van der Waals surface area contributed by atoms with Gasteiger partial charge in [0, 0.05) is 11.0 Å². The van der Waals surface area contributed by atoms with Gasteiger partial charge in [0.1, 0.15) is 6.04 Å². The maximum atomic E-state index is 10.6. The van der Waals surface area contributed by atoms with Gasteiger partial charge in [0.2, 0.25) is 0 Å². The Balaban J connectivity index is 3.65. The summed E-state index contributed by atoms with van der Waals surface area (Å²) < 4.78 is 0. The van der Waals surface area contributed by atoms with Crippen LogP contribution >= 0.6 is 11.8 Å². The molecular weight excluding hydrogens is 174 g/mol. The Labute approximate surface area is 77.9 Å². The third kappa shape index (κ3) is 4.62. The number of carboxylic acids is 1. The van der Waals surface area contributed by atoms with Crippen LogP contribution in [-0.2, 0) is 4.79 Å². The van der Waals surface area contributed by atoms with Crippen LogP contribution in [0.4, 0.5) is 0 Å². The Morgan fingerprint density at radius 1 is 1.67 bits per heavy atom. The van der Waals surface area contributed by atoms with Gasteiger partial charge in [-0.15, -0.1) is 0 Å². The van der Waals surface area contributed by atoms with Crippen molar-refractivity contribution in [2.75, 3.05) is 12.8 Å². The van der Waals surface area contributed by atoms with E-state index < -0.39 is 12.0 Å². The number of thioether (sulfide) groups is 1. The van der Waals surface area contributed by atoms with Crippen molar-refractivity contribution < 1.29 is 9.90 Å². The molecule has 0 heterocycles. The molecule has 0 aromatic carbocycles. The number of carbonyl (C=O) groups is 1. The van der Waals surface area contributed by atoms with Crippen LogP contribution in [0, 0.1) is 0 Å². The van der Waals surface area contributed by atoms with E-state index >= 15 is 0 Å². The lowest BCUT2D eigenvalue weighted by molar-refractivity contribution is -0.138. The van der Waals surface area contributed by atoms with Gasteiger partial charge in [-0.3, -0.25) is 4.79 Å². The van der Waals surface area contributed by atoms with Gasteiger partial charge in [0.15, 0.2) is 0 Å². The molecule has 0 spiro atoms. The summed E-state index contributed by atoms with van der Waals surface area (Å²) in [7, 11) is 1.68. The van der Waals surface area contributed by atoms with Crippen molar-refractivity contribution in [1.82, 2.24) is 5.32 Å². The van der Waals surface area contributed by atoms with E-state index in [-0.39, 0.29) is 0 Å². The van der Waals surface area contributed by atoms with Crippen molar-refractivity contribution in [1.29, 1.82) is 0 Å². The maximum Gasteiger partial charge on any atom is 0.321 e. The van der Waals surface area contributed by atoms with Crippen LogP contribution in [-0.4, -0.2) is 35.2 Å². The van der Waals surface area contributed by atoms with E-state index in [0.717, 1.165) is 6.42 Å². The molecule has 0 unspecified atom stereocenters. The quantitative estimate of drug-likeness (QED) is 0.662. The summed E-state index contributed by atoms with van der Waals surface area (Å²) in [6, 6.07) is -0.413. The van der Waals surface area contributed by atoms with Crippen LogP contribution in [0.2, 0.25) is 0 Å². The monoisotopic (exact) mass is 191 g/mol. The number of likely N-dealkylation sites (N-methyl/N-ethyl adjacent to an activating group) is 1. The molecule has 0 aromatic rings. The average molecular weight is 191 g/mol. The Bertz CT molecular complexity index is 141. The molecule has 2 N–H and O–H groups in total. The minimum atomic E-state index is -0.770. The molecular formula is C8H17NO2S. The van der Waals surface area contributed by atoms with E-state index in [4.69, 9.17) is 5.11 Å². The topological polar surface area (TPSA) is 49.3 Å². The molecule has 2 atom stereocenters. The molecule has 0 saturated carbocycles. The van der Waals surface area contributed by atoms with Crippen molar-refractivity contribution in [3.8, 4) is 0 Å². The lowest BCUT2D eigenvalue weighted by Gasteiger charge is -2.13. The fourth-order valence-corrected chi connectivity index (χ4v) is 1.72. The number of hydrogen-bond acceptors (Lipinski definition) is 3. The Kier molecular flexibility index (Phi) is 6.20. The molecule has 0 rings (SSSR count). The van der Waals surface area contributed by atoms with Crippen molar-refractivity contribution in [2.45, 2.75) is 31.6 Å². The van der Waals surface area contributed by atoms with Gasteiger partial charge in [-0.25, -0.2) is 0 Å². The van der Waals surface area contributed by atoms with E-state index in [0.29, 0.717) is 11.0 Å². The first kappa shape index (κ1) is 11.8. The molecule has 0 aromatic heterocycles. The minimum absolute atomic E-state index is 0.413. The van der Waals surface area contributed by atoms with Gasteiger partial charge in [0.25, 0.3) is 0 Å². The molecule has 0 aliphatic rings. The van der Waals surface area contributed by atoms with Crippen LogP contribution in [0.3, 0.4) is 0 Å². The first-order valence-electron chi connectivity index (χ1n) is 4.13. The van der Waals surface area contributed by atoms with Crippen molar-refractivity contribution >= 4 is 17.7 Å². The van der Waals surface area contributed by atoms with E-state index in [1.165, 1.54) is 0 Å². The second-order valence-corrected chi connectivity index (χ2v) is 4.20.